The lowest BCUT2D eigenvalue weighted by atomic mass is 9.96. The van der Waals surface area contributed by atoms with Crippen LogP contribution in [0.4, 0.5) is 0 Å². The van der Waals surface area contributed by atoms with E-state index < -0.39 is 0 Å². The van der Waals surface area contributed by atoms with Crippen molar-refractivity contribution in [2.75, 3.05) is 32.8 Å². The maximum absolute atomic E-state index is 13.0. The third kappa shape index (κ3) is 5.05. The lowest BCUT2D eigenvalue weighted by Gasteiger charge is -2.27. The Balaban J connectivity index is 0.00000294. The standard InChI is InChI=1S/C32H31N3O2.ClH/c33-14-13-27-22-35(21-23-5-3-8-26(19-23)32(36)34-15-17-37-18-16-34)31-12-11-25(20-30(27)31)29-10-4-7-24-6-1-2-9-28(24)29;/h1-12,19-20,22H,13-18,21,33H2;1H. The molecule has 0 saturated carbocycles. The fourth-order valence-electron chi connectivity index (χ4n) is 5.45. The molecule has 2 N–H and O–H groups in total. The third-order valence-electron chi connectivity index (χ3n) is 7.30. The van der Waals surface area contributed by atoms with Gasteiger partial charge in [-0.05, 0) is 70.3 Å². The minimum Gasteiger partial charge on any atom is -0.378 e. The van der Waals surface area contributed by atoms with Gasteiger partial charge in [-0.1, -0.05) is 60.7 Å². The first kappa shape index (κ1) is 26.0. The number of hydrogen-bond donors (Lipinski definition) is 1. The number of nitrogens with two attached hydrogens (primary N) is 1. The van der Waals surface area contributed by atoms with Gasteiger partial charge in [-0.15, -0.1) is 12.4 Å². The lowest BCUT2D eigenvalue weighted by molar-refractivity contribution is 0.0303. The molecular weight excluding hydrogens is 494 g/mol. The van der Waals surface area contributed by atoms with Crippen LogP contribution < -0.4 is 5.73 Å². The number of aromatic nitrogens is 1. The molecule has 1 aliphatic heterocycles. The number of hydrogen-bond acceptors (Lipinski definition) is 3. The van der Waals surface area contributed by atoms with E-state index in [0.717, 1.165) is 17.5 Å². The predicted octanol–water partition coefficient (Wildman–Crippen LogP) is 5.91. The van der Waals surface area contributed by atoms with Gasteiger partial charge in [0, 0.05) is 42.3 Å². The quantitative estimate of drug-likeness (QED) is 0.300. The van der Waals surface area contributed by atoms with Gasteiger partial charge in [0.05, 0.1) is 13.2 Å². The molecule has 5 nitrogen and oxygen atoms in total. The van der Waals surface area contributed by atoms with Gasteiger partial charge in [-0.3, -0.25) is 4.79 Å². The second kappa shape index (κ2) is 11.4. The van der Waals surface area contributed by atoms with Gasteiger partial charge in [-0.2, -0.15) is 0 Å². The summed E-state index contributed by atoms with van der Waals surface area (Å²) in [5, 5.41) is 3.73. The summed E-state index contributed by atoms with van der Waals surface area (Å²) in [5.41, 5.74) is 12.7. The largest absolute Gasteiger partial charge is 0.378 e. The molecule has 194 valence electrons. The summed E-state index contributed by atoms with van der Waals surface area (Å²) in [6, 6.07) is 29.7. The second-order valence-corrected chi connectivity index (χ2v) is 9.68. The van der Waals surface area contributed by atoms with Crippen LogP contribution >= 0.6 is 12.4 Å². The van der Waals surface area contributed by atoms with E-state index in [-0.39, 0.29) is 18.3 Å². The molecule has 38 heavy (non-hydrogen) atoms. The van der Waals surface area contributed by atoms with Crippen molar-refractivity contribution in [2.24, 2.45) is 5.73 Å². The van der Waals surface area contributed by atoms with E-state index in [9.17, 15) is 4.79 Å². The predicted molar refractivity (Wildman–Crippen MR) is 157 cm³/mol. The van der Waals surface area contributed by atoms with Gasteiger partial charge in [-0.25, -0.2) is 0 Å². The maximum Gasteiger partial charge on any atom is 0.254 e. The van der Waals surface area contributed by atoms with Crippen LogP contribution in [0.15, 0.2) is 91.1 Å². The average molecular weight is 526 g/mol. The number of ether oxygens (including phenoxy) is 1. The summed E-state index contributed by atoms with van der Waals surface area (Å²) >= 11 is 0. The van der Waals surface area contributed by atoms with E-state index in [0.29, 0.717) is 39.4 Å². The third-order valence-corrected chi connectivity index (χ3v) is 7.30. The fraction of sp³-hybridized carbons (Fsp3) is 0.219. The molecule has 1 fully saturated rings. The van der Waals surface area contributed by atoms with Gasteiger partial charge in [0.1, 0.15) is 0 Å². The molecule has 0 unspecified atom stereocenters. The van der Waals surface area contributed by atoms with Crippen molar-refractivity contribution < 1.29 is 9.53 Å². The van der Waals surface area contributed by atoms with Crippen molar-refractivity contribution in [1.29, 1.82) is 0 Å². The number of rotatable bonds is 6. The SMILES string of the molecule is Cl.NCCc1cn(Cc2cccc(C(=O)N3CCOCC3)c2)c2ccc(-c3cccc4ccccc34)cc12. The summed E-state index contributed by atoms with van der Waals surface area (Å²) in [6.45, 7) is 3.79. The van der Waals surface area contributed by atoms with Gasteiger partial charge in [0.15, 0.2) is 0 Å². The molecule has 1 saturated heterocycles. The molecule has 1 aromatic heterocycles. The van der Waals surface area contributed by atoms with Crippen LogP contribution in [-0.2, 0) is 17.7 Å². The average Bonchev–Trinajstić information content (AvgIpc) is 3.29. The van der Waals surface area contributed by atoms with Crippen molar-refractivity contribution in [3.05, 3.63) is 108 Å². The van der Waals surface area contributed by atoms with Crippen LogP contribution in [-0.4, -0.2) is 48.2 Å². The van der Waals surface area contributed by atoms with Crippen LogP contribution in [0.1, 0.15) is 21.5 Å². The summed E-state index contributed by atoms with van der Waals surface area (Å²) in [6.07, 6.45) is 3.04. The molecule has 6 heteroatoms. The van der Waals surface area contributed by atoms with Gasteiger partial charge in [0.2, 0.25) is 0 Å². The van der Waals surface area contributed by atoms with Crippen molar-refractivity contribution in [2.45, 2.75) is 13.0 Å². The Kier molecular flexibility index (Phi) is 7.79. The number of halogens is 1. The number of benzene rings is 4. The Morgan fingerprint density at radius 2 is 1.66 bits per heavy atom. The Labute approximate surface area is 229 Å². The molecule has 0 atom stereocenters. The highest BCUT2D eigenvalue weighted by atomic mass is 35.5. The Bertz CT molecular complexity index is 1580. The van der Waals surface area contributed by atoms with Crippen LogP contribution in [0.25, 0.3) is 32.8 Å². The summed E-state index contributed by atoms with van der Waals surface area (Å²) < 4.78 is 7.69. The molecule has 2 heterocycles. The van der Waals surface area contributed by atoms with Gasteiger partial charge in [0.25, 0.3) is 5.91 Å². The minimum atomic E-state index is 0. The first-order chi connectivity index (χ1) is 18.2. The first-order valence-electron chi connectivity index (χ1n) is 13.0. The first-order valence-corrected chi connectivity index (χ1v) is 13.0. The molecule has 1 aliphatic rings. The molecule has 4 aromatic carbocycles. The number of fused-ring (bicyclic) bond motifs is 2. The zero-order valence-corrected chi connectivity index (χ0v) is 22.1. The van der Waals surface area contributed by atoms with Crippen molar-refractivity contribution >= 4 is 40.0 Å². The number of amides is 1. The zero-order chi connectivity index (χ0) is 25.2. The maximum atomic E-state index is 13.0. The number of carbonyl (C=O) groups is 1. The fourth-order valence-corrected chi connectivity index (χ4v) is 5.45. The highest BCUT2D eigenvalue weighted by molar-refractivity contribution is 5.99. The second-order valence-electron chi connectivity index (χ2n) is 9.68. The number of morpholine rings is 1. The Morgan fingerprint density at radius 3 is 2.50 bits per heavy atom. The lowest BCUT2D eigenvalue weighted by Crippen LogP contribution is -2.40. The van der Waals surface area contributed by atoms with E-state index in [2.05, 4.69) is 77.5 Å². The van der Waals surface area contributed by atoms with E-state index in [1.54, 1.807) is 0 Å². The van der Waals surface area contributed by atoms with E-state index in [1.807, 2.05) is 23.1 Å². The van der Waals surface area contributed by atoms with Crippen LogP contribution in [0, 0.1) is 0 Å². The zero-order valence-electron chi connectivity index (χ0n) is 21.3. The van der Waals surface area contributed by atoms with E-state index >= 15 is 0 Å². The number of nitrogens with zero attached hydrogens (tertiary/aromatic N) is 2. The Hall–Kier alpha value is -3.64. The highest BCUT2D eigenvalue weighted by Crippen LogP contribution is 2.33. The summed E-state index contributed by atoms with van der Waals surface area (Å²) in [5.74, 6) is 0.0751. The summed E-state index contributed by atoms with van der Waals surface area (Å²) in [4.78, 5) is 14.9. The molecule has 0 aliphatic carbocycles. The smallest absolute Gasteiger partial charge is 0.254 e. The van der Waals surface area contributed by atoms with Crippen LogP contribution in [0.5, 0.6) is 0 Å². The molecule has 5 aromatic rings. The monoisotopic (exact) mass is 525 g/mol. The van der Waals surface area contributed by atoms with Crippen LogP contribution in [0.2, 0.25) is 0 Å². The molecule has 0 radical (unpaired) electrons. The topological polar surface area (TPSA) is 60.5 Å². The van der Waals surface area contributed by atoms with Gasteiger partial charge < -0.3 is 19.9 Å². The molecule has 6 rings (SSSR count). The van der Waals surface area contributed by atoms with E-state index in [4.69, 9.17) is 10.5 Å². The highest BCUT2D eigenvalue weighted by Gasteiger charge is 2.19. The molecule has 1 amide bonds. The van der Waals surface area contributed by atoms with E-state index in [1.165, 1.54) is 38.4 Å². The molecule has 0 bridgehead atoms. The van der Waals surface area contributed by atoms with Gasteiger partial charge >= 0.3 is 0 Å². The number of carbonyl (C=O) groups excluding carboxylic acids is 1. The Morgan fingerprint density at radius 1 is 0.868 bits per heavy atom. The van der Waals surface area contributed by atoms with Crippen molar-refractivity contribution in [3.8, 4) is 11.1 Å². The molecule has 0 spiro atoms. The van der Waals surface area contributed by atoms with Crippen LogP contribution in [0.3, 0.4) is 0 Å². The minimum absolute atomic E-state index is 0. The van der Waals surface area contributed by atoms with Crippen molar-refractivity contribution in [1.82, 2.24) is 9.47 Å². The summed E-state index contributed by atoms with van der Waals surface area (Å²) in [7, 11) is 0. The normalized spacial score (nSPS) is 13.6. The molecular formula is C32H32ClN3O2. The van der Waals surface area contributed by atoms with Crippen molar-refractivity contribution in [3.63, 3.8) is 0 Å².